The summed E-state index contributed by atoms with van der Waals surface area (Å²) < 4.78 is 13.7. The minimum atomic E-state index is -0.356. The maximum absolute atomic E-state index is 13.7. The number of hydrogen-bond donors (Lipinski definition) is 2. The number of nitrogens with one attached hydrogen (secondary N) is 2. The first-order valence-corrected chi connectivity index (χ1v) is 12.1. The molecule has 0 radical (unpaired) electrons. The van der Waals surface area contributed by atoms with Gasteiger partial charge in [0.25, 0.3) is 5.91 Å². The van der Waals surface area contributed by atoms with Gasteiger partial charge in [0.05, 0.1) is 6.04 Å². The number of hydrogen-bond acceptors (Lipinski definition) is 4. The third-order valence-electron chi connectivity index (χ3n) is 6.84. The van der Waals surface area contributed by atoms with Crippen LogP contribution in [0.4, 0.5) is 4.39 Å². The molecule has 166 valence electrons. The van der Waals surface area contributed by atoms with E-state index in [-0.39, 0.29) is 29.6 Å². The zero-order valence-electron chi connectivity index (χ0n) is 17.9. The van der Waals surface area contributed by atoms with E-state index in [1.54, 1.807) is 36.6 Å². The van der Waals surface area contributed by atoms with Crippen molar-refractivity contribution in [2.24, 2.45) is 17.8 Å². The number of carbonyl (C=O) groups is 2. The Morgan fingerprint density at radius 1 is 1.19 bits per heavy atom. The smallest absolute Gasteiger partial charge is 0.251 e. The van der Waals surface area contributed by atoms with Gasteiger partial charge in [-0.25, -0.2) is 9.37 Å². The number of thiazole rings is 1. The maximum atomic E-state index is 13.7. The van der Waals surface area contributed by atoms with Gasteiger partial charge in [0.1, 0.15) is 10.8 Å². The van der Waals surface area contributed by atoms with Gasteiger partial charge in [0.2, 0.25) is 5.91 Å². The van der Waals surface area contributed by atoms with Crippen LogP contribution in [0.25, 0.3) is 0 Å². The average molecular weight is 444 g/mol. The van der Waals surface area contributed by atoms with Crippen molar-refractivity contribution in [1.82, 2.24) is 15.6 Å². The molecule has 2 N–H and O–H groups in total. The molecule has 1 atom stereocenters. The molecule has 0 bridgehead atoms. The largest absolute Gasteiger partial charge is 0.352 e. The van der Waals surface area contributed by atoms with Crippen molar-refractivity contribution in [3.05, 3.63) is 51.7 Å². The normalized spacial score (nSPS) is 22.4. The third-order valence-corrected chi connectivity index (χ3v) is 7.70. The second-order valence-electron chi connectivity index (χ2n) is 8.94. The molecule has 0 aliphatic heterocycles. The first-order chi connectivity index (χ1) is 15.0. The Morgan fingerprint density at radius 3 is 2.58 bits per heavy atom. The molecule has 5 nitrogen and oxygen atoms in total. The molecule has 31 heavy (non-hydrogen) atoms. The highest BCUT2D eigenvalue weighted by molar-refractivity contribution is 7.09. The molecule has 1 aromatic carbocycles. The fourth-order valence-electron chi connectivity index (χ4n) is 4.51. The van der Waals surface area contributed by atoms with E-state index < -0.39 is 0 Å². The predicted octanol–water partition coefficient (Wildman–Crippen LogP) is 4.78. The van der Waals surface area contributed by atoms with Gasteiger partial charge in [-0.3, -0.25) is 9.59 Å². The van der Waals surface area contributed by atoms with Gasteiger partial charge in [-0.2, -0.15) is 0 Å². The van der Waals surface area contributed by atoms with Crippen LogP contribution in [0.3, 0.4) is 0 Å². The lowest BCUT2D eigenvalue weighted by Crippen LogP contribution is -2.41. The number of aryl methyl sites for hydroxylation is 1. The lowest BCUT2D eigenvalue weighted by atomic mass is 9.78. The number of halogens is 1. The van der Waals surface area contributed by atoms with E-state index >= 15 is 0 Å². The van der Waals surface area contributed by atoms with Gasteiger partial charge in [-0.1, -0.05) is 12.5 Å². The standard InChI is InChI=1S/C24H30FN3O2S/c1-15-5-8-19(13-20(15)25)22(29)27-14-16-6-9-17(10-7-16)21(24-26-11-12-31-24)28-23(30)18-3-2-4-18/h5,8,11-13,16-18,21H,2-4,6-7,9-10,14H2,1H3,(H,27,29)(H,28,30)/t16?,17?,21-/m1/s1. The molecule has 2 fully saturated rings. The minimum Gasteiger partial charge on any atom is -0.352 e. The van der Waals surface area contributed by atoms with Gasteiger partial charge >= 0.3 is 0 Å². The Morgan fingerprint density at radius 2 is 1.97 bits per heavy atom. The van der Waals surface area contributed by atoms with Gasteiger partial charge in [-0.05, 0) is 75.0 Å². The van der Waals surface area contributed by atoms with Crippen LogP contribution in [0, 0.1) is 30.5 Å². The van der Waals surface area contributed by atoms with Crippen LogP contribution in [-0.4, -0.2) is 23.3 Å². The zero-order valence-corrected chi connectivity index (χ0v) is 18.7. The van der Waals surface area contributed by atoms with E-state index in [4.69, 9.17) is 0 Å². The van der Waals surface area contributed by atoms with Crippen molar-refractivity contribution in [2.75, 3.05) is 6.54 Å². The molecule has 2 aromatic rings. The summed E-state index contributed by atoms with van der Waals surface area (Å²) >= 11 is 1.61. The van der Waals surface area contributed by atoms with E-state index in [1.807, 2.05) is 5.38 Å². The van der Waals surface area contributed by atoms with Gasteiger partial charge in [0, 0.05) is 29.6 Å². The summed E-state index contributed by atoms with van der Waals surface area (Å²) in [4.78, 5) is 29.4. The highest BCUT2D eigenvalue weighted by Crippen LogP contribution is 2.38. The molecule has 2 aliphatic rings. The summed E-state index contributed by atoms with van der Waals surface area (Å²) in [6, 6.07) is 4.57. The molecule has 4 rings (SSSR count). The number of nitrogens with zero attached hydrogens (tertiary/aromatic N) is 1. The molecule has 2 amide bonds. The number of rotatable bonds is 7. The van der Waals surface area contributed by atoms with Crippen LogP contribution in [0.2, 0.25) is 0 Å². The Kier molecular flexibility index (Phi) is 7.00. The van der Waals surface area contributed by atoms with Gasteiger partial charge < -0.3 is 10.6 Å². The van der Waals surface area contributed by atoms with Crippen molar-refractivity contribution < 1.29 is 14.0 Å². The lowest BCUT2D eigenvalue weighted by molar-refractivity contribution is -0.128. The van der Waals surface area contributed by atoms with E-state index in [9.17, 15) is 14.0 Å². The zero-order chi connectivity index (χ0) is 21.8. The molecule has 1 heterocycles. The molecular weight excluding hydrogens is 413 g/mol. The van der Waals surface area contributed by atoms with Crippen molar-refractivity contribution in [3.63, 3.8) is 0 Å². The third kappa shape index (κ3) is 5.32. The monoisotopic (exact) mass is 443 g/mol. The second kappa shape index (κ2) is 9.90. The summed E-state index contributed by atoms with van der Waals surface area (Å²) in [5, 5.41) is 9.21. The van der Waals surface area contributed by atoms with Crippen LogP contribution < -0.4 is 10.6 Å². The topological polar surface area (TPSA) is 71.1 Å². The highest BCUT2D eigenvalue weighted by Gasteiger charge is 2.34. The maximum Gasteiger partial charge on any atom is 0.251 e. The number of aromatic nitrogens is 1. The molecule has 2 aliphatic carbocycles. The predicted molar refractivity (Wildman–Crippen MR) is 119 cm³/mol. The van der Waals surface area contributed by atoms with Crippen LogP contribution >= 0.6 is 11.3 Å². The Labute approximate surface area is 186 Å². The van der Waals surface area contributed by atoms with Crippen LogP contribution in [0.1, 0.15) is 71.9 Å². The molecule has 7 heteroatoms. The first kappa shape index (κ1) is 21.9. The quantitative estimate of drug-likeness (QED) is 0.647. The summed E-state index contributed by atoms with van der Waals surface area (Å²) in [6.45, 7) is 2.28. The van der Waals surface area contributed by atoms with Crippen LogP contribution in [0.15, 0.2) is 29.8 Å². The summed E-state index contributed by atoms with van der Waals surface area (Å²) in [6.07, 6.45) is 8.91. The molecule has 0 unspecified atom stereocenters. The van der Waals surface area contributed by atoms with Crippen molar-refractivity contribution in [1.29, 1.82) is 0 Å². The van der Waals surface area contributed by atoms with Crippen LogP contribution in [0.5, 0.6) is 0 Å². The summed E-state index contributed by atoms with van der Waals surface area (Å²) in [5.41, 5.74) is 0.897. The highest BCUT2D eigenvalue weighted by atomic mass is 32.1. The van der Waals surface area contributed by atoms with Gasteiger partial charge in [-0.15, -0.1) is 11.3 Å². The van der Waals surface area contributed by atoms with Crippen molar-refractivity contribution >= 4 is 23.2 Å². The second-order valence-corrected chi connectivity index (χ2v) is 9.87. The Hall–Kier alpha value is -2.28. The van der Waals surface area contributed by atoms with Crippen molar-refractivity contribution in [3.8, 4) is 0 Å². The fraction of sp³-hybridized carbons (Fsp3) is 0.542. The van der Waals surface area contributed by atoms with E-state index in [1.165, 1.54) is 6.07 Å². The molecule has 2 saturated carbocycles. The van der Waals surface area contributed by atoms with E-state index in [0.29, 0.717) is 29.5 Å². The SMILES string of the molecule is Cc1ccc(C(=O)NCC2CCC([C@@H](NC(=O)C3CCC3)c3nccs3)CC2)cc1F. The molecule has 0 saturated heterocycles. The Bertz CT molecular complexity index is 906. The van der Waals surface area contributed by atoms with Gasteiger partial charge in [0.15, 0.2) is 0 Å². The number of benzene rings is 1. The summed E-state index contributed by atoms with van der Waals surface area (Å²) in [7, 11) is 0. The molecular formula is C24H30FN3O2S. The average Bonchev–Trinajstić information content (AvgIpc) is 3.26. The van der Waals surface area contributed by atoms with E-state index in [2.05, 4.69) is 15.6 Å². The first-order valence-electron chi connectivity index (χ1n) is 11.3. The fourth-order valence-corrected chi connectivity index (χ4v) is 5.29. The van der Waals surface area contributed by atoms with E-state index in [0.717, 1.165) is 50.0 Å². The Balaban J connectivity index is 1.29. The minimum absolute atomic E-state index is 0.0147. The molecule has 0 spiro atoms. The summed E-state index contributed by atoms with van der Waals surface area (Å²) in [5.74, 6) is 0.523. The van der Waals surface area contributed by atoms with Crippen molar-refractivity contribution in [2.45, 2.75) is 57.9 Å². The number of amides is 2. The van der Waals surface area contributed by atoms with Crippen LogP contribution in [-0.2, 0) is 4.79 Å². The lowest BCUT2D eigenvalue weighted by Gasteiger charge is -2.35. The number of carbonyl (C=O) groups excluding carboxylic acids is 2. The molecule has 1 aromatic heterocycles.